The maximum atomic E-state index is 12.2. The number of carbonyl (C=O) groups is 2. The molecule has 0 saturated carbocycles. The molecule has 1 aliphatic rings. The number of aromatic nitrogens is 1. The first-order valence-corrected chi connectivity index (χ1v) is 8.32. The molecule has 2 aromatic rings. The topological polar surface area (TPSA) is 101 Å². The second-order valence-corrected chi connectivity index (χ2v) is 6.37. The van der Waals surface area contributed by atoms with Crippen LogP contribution in [0.3, 0.4) is 0 Å². The third-order valence-electron chi connectivity index (χ3n) is 3.88. The van der Waals surface area contributed by atoms with Crippen molar-refractivity contribution >= 4 is 38.7 Å². The highest BCUT2D eigenvalue weighted by Crippen LogP contribution is 2.27. The van der Waals surface area contributed by atoms with E-state index in [4.69, 9.17) is 9.47 Å². The summed E-state index contributed by atoms with van der Waals surface area (Å²) in [5, 5.41) is 12.9. The van der Waals surface area contributed by atoms with Crippen LogP contribution in [0, 0.1) is 0 Å². The highest BCUT2D eigenvalue weighted by atomic mass is 79.9. The van der Waals surface area contributed by atoms with E-state index in [2.05, 4.69) is 26.2 Å². The fourth-order valence-electron chi connectivity index (χ4n) is 2.69. The Hall–Kier alpha value is -1.90. The predicted molar refractivity (Wildman–Crippen MR) is 89.8 cm³/mol. The van der Waals surface area contributed by atoms with E-state index in [1.807, 2.05) is 18.2 Å². The largest absolute Gasteiger partial charge is 0.480 e. The number of nitrogens with one attached hydrogen (secondary N) is 2. The van der Waals surface area contributed by atoms with E-state index in [0.29, 0.717) is 13.2 Å². The van der Waals surface area contributed by atoms with Crippen molar-refractivity contribution < 1.29 is 24.2 Å². The van der Waals surface area contributed by atoms with Crippen LogP contribution in [0.25, 0.3) is 10.9 Å². The quantitative estimate of drug-likeness (QED) is 0.709. The Morgan fingerprint density at radius 1 is 1.42 bits per heavy atom. The summed E-state index contributed by atoms with van der Waals surface area (Å²) in [6.45, 7) is 0.900. The summed E-state index contributed by atoms with van der Waals surface area (Å²) in [7, 11) is 0. The lowest BCUT2D eigenvalue weighted by Gasteiger charge is -2.24. The second kappa shape index (κ2) is 7.33. The number of benzene rings is 1. The maximum absolute atomic E-state index is 12.2. The summed E-state index contributed by atoms with van der Waals surface area (Å²) in [6, 6.07) is 4.64. The van der Waals surface area contributed by atoms with Gasteiger partial charge < -0.3 is 24.9 Å². The van der Waals surface area contributed by atoms with E-state index >= 15 is 0 Å². The summed E-state index contributed by atoms with van der Waals surface area (Å²) in [4.78, 5) is 26.8. The van der Waals surface area contributed by atoms with Crippen molar-refractivity contribution in [2.75, 3.05) is 19.8 Å². The van der Waals surface area contributed by atoms with Gasteiger partial charge in [0.2, 0.25) is 0 Å². The molecule has 0 radical (unpaired) electrons. The standard InChI is InChI=1S/C16H17BrN2O5/c17-10-2-1-3-11-14(10)9(7-18-11)6-12(16(21)22)19-15(20)13-8-23-4-5-24-13/h1-3,7,12-13,18H,4-6,8H2,(H,19,20)(H,21,22). The van der Waals surface area contributed by atoms with Gasteiger partial charge in [0.05, 0.1) is 19.8 Å². The summed E-state index contributed by atoms with van der Waals surface area (Å²) < 4.78 is 11.4. The number of carbonyl (C=O) groups excluding carboxylic acids is 1. The zero-order valence-electron chi connectivity index (χ0n) is 12.8. The van der Waals surface area contributed by atoms with Crippen LogP contribution >= 0.6 is 15.9 Å². The molecule has 128 valence electrons. The van der Waals surface area contributed by atoms with Crippen molar-refractivity contribution in [2.24, 2.45) is 0 Å². The fourth-order valence-corrected chi connectivity index (χ4v) is 3.31. The van der Waals surface area contributed by atoms with Gasteiger partial charge in [-0.15, -0.1) is 0 Å². The van der Waals surface area contributed by atoms with Crippen LogP contribution in [-0.2, 0) is 25.5 Å². The van der Waals surface area contributed by atoms with Crippen LogP contribution in [-0.4, -0.2) is 53.9 Å². The Morgan fingerprint density at radius 3 is 2.96 bits per heavy atom. The van der Waals surface area contributed by atoms with Crippen molar-refractivity contribution in [3.8, 4) is 0 Å². The Morgan fingerprint density at radius 2 is 2.25 bits per heavy atom. The first-order chi connectivity index (χ1) is 11.6. The van der Waals surface area contributed by atoms with Gasteiger partial charge in [0, 0.05) is 28.0 Å². The number of hydrogen-bond acceptors (Lipinski definition) is 4. The Bertz CT molecular complexity index is 754. The minimum absolute atomic E-state index is 0.136. The van der Waals surface area contributed by atoms with Crippen LogP contribution in [0.15, 0.2) is 28.9 Å². The average Bonchev–Trinajstić information content (AvgIpc) is 2.99. The number of carboxylic acid groups (broad SMARTS) is 1. The number of carboxylic acids is 1. The molecule has 1 aromatic carbocycles. The maximum Gasteiger partial charge on any atom is 0.326 e. The van der Waals surface area contributed by atoms with Crippen molar-refractivity contribution in [3.63, 3.8) is 0 Å². The van der Waals surface area contributed by atoms with E-state index < -0.39 is 24.0 Å². The molecule has 0 spiro atoms. The number of hydrogen-bond donors (Lipinski definition) is 3. The van der Waals surface area contributed by atoms with Gasteiger partial charge >= 0.3 is 5.97 Å². The molecule has 24 heavy (non-hydrogen) atoms. The number of fused-ring (bicyclic) bond motifs is 1. The zero-order chi connectivity index (χ0) is 17.1. The van der Waals surface area contributed by atoms with E-state index in [1.54, 1.807) is 6.20 Å². The number of aliphatic carboxylic acids is 1. The third kappa shape index (κ3) is 3.61. The van der Waals surface area contributed by atoms with Gasteiger partial charge in [0.25, 0.3) is 5.91 Å². The molecule has 0 bridgehead atoms. The van der Waals surface area contributed by atoms with Crippen molar-refractivity contribution in [1.29, 1.82) is 0 Å². The molecule has 1 fully saturated rings. The van der Waals surface area contributed by atoms with Crippen LogP contribution in [0.5, 0.6) is 0 Å². The fraction of sp³-hybridized carbons (Fsp3) is 0.375. The molecule has 7 nitrogen and oxygen atoms in total. The monoisotopic (exact) mass is 396 g/mol. The SMILES string of the molecule is O=C(O)C(Cc1c[nH]c2cccc(Br)c12)NC(=O)C1COCCO1. The molecule has 1 aliphatic heterocycles. The summed E-state index contributed by atoms with van der Waals surface area (Å²) in [5.74, 6) is -1.57. The number of amides is 1. The zero-order valence-corrected chi connectivity index (χ0v) is 14.3. The third-order valence-corrected chi connectivity index (χ3v) is 4.54. The lowest BCUT2D eigenvalue weighted by atomic mass is 10.0. The van der Waals surface area contributed by atoms with Crippen molar-refractivity contribution in [3.05, 3.63) is 34.4 Å². The molecule has 1 aromatic heterocycles. The number of ether oxygens (including phenoxy) is 2. The first-order valence-electron chi connectivity index (χ1n) is 7.53. The molecule has 2 atom stereocenters. The Labute approximate surface area is 146 Å². The summed E-state index contributed by atoms with van der Waals surface area (Å²) in [5.41, 5.74) is 1.71. The molecule has 3 N–H and O–H groups in total. The minimum atomic E-state index is -1.10. The minimum Gasteiger partial charge on any atom is -0.480 e. The molecule has 2 unspecified atom stereocenters. The predicted octanol–water partition coefficient (Wildman–Crippen LogP) is 1.46. The molecule has 3 rings (SSSR count). The molecule has 1 saturated heterocycles. The molecule has 2 heterocycles. The van der Waals surface area contributed by atoms with E-state index in [9.17, 15) is 14.7 Å². The Balaban J connectivity index is 1.76. The van der Waals surface area contributed by atoms with Gasteiger partial charge in [-0.1, -0.05) is 22.0 Å². The summed E-state index contributed by atoms with van der Waals surface area (Å²) in [6.07, 6.45) is 1.16. The van der Waals surface area contributed by atoms with Gasteiger partial charge in [-0.2, -0.15) is 0 Å². The number of aromatic amines is 1. The average molecular weight is 397 g/mol. The Kier molecular flexibility index (Phi) is 5.17. The molecule has 1 amide bonds. The van der Waals surface area contributed by atoms with E-state index in [-0.39, 0.29) is 13.0 Å². The normalized spacial score (nSPS) is 19.1. The van der Waals surface area contributed by atoms with Crippen molar-refractivity contribution in [1.82, 2.24) is 10.3 Å². The van der Waals surface area contributed by atoms with Gasteiger partial charge in [-0.25, -0.2) is 4.79 Å². The molecule has 0 aliphatic carbocycles. The second-order valence-electron chi connectivity index (χ2n) is 5.51. The van der Waals surface area contributed by atoms with Crippen molar-refractivity contribution in [2.45, 2.75) is 18.6 Å². The molecular formula is C16H17BrN2O5. The van der Waals surface area contributed by atoms with Crippen LogP contribution < -0.4 is 5.32 Å². The molecular weight excluding hydrogens is 380 g/mol. The highest BCUT2D eigenvalue weighted by Gasteiger charge is 2.28. The summed E-state index contributed by atoms with van der Waals surface area (Å²) >= 11 is 3.48. The van der Waals surface area contributed by atoms with Crippen LogP contribution in [0.4, 0.5) is 0 Å². The number of H-pyrrole nitrogens is 1. The molecule has 8 heteroatoms. The smallest absolute Gasteiger partial charge is 0.326 e. The lowest BCUT2D eigenvalue weighted by Crippen LogP contribution is -2.50. The van der Waals surface area contributed by atoms with Crippen LogP contribution in [0.2, 0.25) is 0 Å². The van der Waals surface area contributed by atoms with Gasteiger partial charge in [0.15, 0.2) is 6.10 Å². The van der Waals surface area contributed by atoms with Gasteiger partial charge in [0.1, 0.15) is 6.04 Å². The number of halogens is 1. The van der Waals surface area contributed by atoms with Crippen LogP contribution in [0.1, 0.15) is 5.56 Å². The highest BCUT2D eigenvalue weighted by molar-refractivity contribution is 9.10. The van der Waals surface area contributed by atoms with E-state index in [0.717, 1.165) is 20.9 Å². The van der Waals surface area contributed by atoms with E-state index in [1.165, 1.54) is 0 Å². The van der Waals surface area contributed by atoms with Gasteiger partial charge in [-0.3, -0.25) is 4.79 Å². The number of rotatable bonds is 5. The van der Waals surface area contributed by atoms with Gasteiger partial charge in [-0.05, 0) is 17.7 Å². The lowest BCUT2D eigenvalue weighted by molar-refractivity contribution is -0.152. The first kappa shape index (κ1) is 16.9.